The maximum absolute atomic E-state index is 11.0. The fourth-order valence-electron chi connectivity index (χ4n) is 0.491. The van der Waals surface area contributed by atoms with Crippen LogP contribution in [0, 0.1) is 0 Å². The minimum Gasteiger partial charge on any atom is -0.266 e. The first kappa shape index (κ1) is 7.94. The van der Waals surface area contributed by atoms with Gasteiger partial charge in [0.1, 0.15) is 4.47 Å². The summed E-state index contributed by atoms with van der Waals surface area (Å²) in [7, 11) is 1.60. The number of aromatic nitrogens is 2. The van der Waals surface area contributed by atoms with Crippen LogP contribution in [0.2, 0.25) is 0 Å². The molecule has 1 heterocycles. The largest absolute Gasteiger partial charge is 0.281 e. The van der Waals surface area contributed by atoms with Crippen LogP contribution in [0.3, 0.4) is 0 Å². The number of hydrogen-bond donors (Lipinski definition) is 0. The summed E-state index contributed by atoms with van der Waals surface area (Å²) in [5, 5.41) is 3.77. The zero-order chi connectivity index (χ0) is 7.72. The van der Waals surface area contributed by atoms with Crippen LogP contribution in [0.25, 0.3) is 0 Å². The van der Waals surface area contributed by atoms with Crippen molar-refractivity contribution in [2.24, 2.45) is 7.05 Å². The average Bonchev–Trinajstić information content (AvgIpc) is 1.93. The van der Waals surface area contributed by atoms with E-state index in [1.807, 2.05) is 0 Å². The van der Waals surface area contributed by atoms with E-state index in [9.17, 15) is 4.79 Å². The Balaban J connectivity index is 3.50. The van der Waals surface area contributed by atoms with Crippen LogP contribution < -0.4 is 5.56 Å². The average molecular weight is 268 g/mol. The normalized spacial score (nSPS) is 9.90. The van der Waals surface area contributed by atoms with Gasteiger partial charge in [-0.15, -0.1) is 0 Å². The molecule has 0 spiro atoms. The Morgan fingerprint density at radius 1 is 1.60 bits per heavy atom. The predicted molar refractivity (Wildman–Crippen MR) is 44.9 cm³/mol. The van der Waals surface area contributed by atoms with Crippen molar-refractivity contribution in [2.45, 2.75) is 0 Å². The van der Waals surface area contributed by atoms with E-state index in [-0.39, 0.29) is 5.56 Å². The molecule has 0 bridgehead atoms. The van der Waals surface area contributed by atoms with E-state index in [1.54, 1.807) is 13.2 Å². The lowest BCUT2D eigenvalue weighted by atomic mass is 10.6. The summed E-state index contributed by atoms with van der Waals surface area (Å²) in [5.41, 5.74) is -0.144. The summed E-state index contributed by atoms with van der Waals surface area (Å²) in [5.74, 6) is 0. The van der Waals surface area contributed by atoms with E-state index in [2.05, 4.69) is 37.0 Å². The standard InChI is InChI=1S/C5H4Br2N2O/c1-9-5(10)4(7)3(6)2-8-9/h2H,1H3. The van der Waals surface area contributed by atoms with E-state index in [4.69, 9.17) is 0 Å². The predicted octanol–water partition coefficient (Wildman–Crippen LogP) is 1.31. The molecule has 0 aliphatic rings. The number of hydrogen-bond acceptors (Lipinski definition) is 2. The molecule has 1 aromatic rings. The van der Waals surface area contributed by atoms with E-state index in [0.29, 0.717) is 8.95 Å². The van der Waals surface area contributed by atoms with Gasteiger partial charge in [-0.25, -0.2) is 4.68 Å². The Hall–Kier alpha value is -0.160. The monoisotopic (exact) mass is 266 g/mol. The van der Waals surface area contributed by atoms with Gasteiger partial charge in [0.2, 0.25) is 0 Å². The van der Waals surface area contributed by atoms with Crippen molar-refractivity contribution in [1.82, 2.24) is 9.78 Å². The van der Waals surface area contributed by atoms with Crippen LogP contribution in [0.15, 0.2) is 19.9 Å². The molecule has 0 saturated carbocycles. The Labute approximate surface area is 74.3 Å². The van der Waals surface area contributed by atoms with Gasteiger partial charge in [-0.2, -0.15) is 5.10 Å². The molecule has 0 atom stereocenters. The van der Waals surface area contributed by atoms with Crippen molar-refractivity contribution in [1.29, 1.82) is 0 Å². The third-order valence-electron chi connectivity index (χ3n) is 1.04. The molecule has 54 valence electrons. The Morgan fingerprint density at radius 3 is 2.70 bits per heavy atom. The quantitative estimate of drug-likeness (QED) is 0.710. The molecular formula is C5H4Br2N2O. The SMILES string of the molecule is Cn1ncc(Br)c(Br)c1=O. The molecule has 1 aromatic heterocycles. The second kappa shape index (κ2) is 2.84. The molecular weight excluding hydrogens is 264 g/mol. The van der Waals surface area contributed by atoms with Crippen LogP contribution in [0.1, 0.15) is 0 Å². The summed E-state index contributed by atoms with van der Waals surface area (Å²) in [6, 6.07) is 0. The van der Waals surface area contributed by atoms with Gasteiger partial charge in [0.05, 0.1) is 10.7 Å². The highest BCUT2D eigenvalue weighted by Crippen LogP contribution is 2.15. The Kier molecular flexibility index (Phi) is 2.25. The molecule has 0 aliphatic carbocycles. The van der Waals surface area contributed by atoms with Crippen LogP contribution in [-0.4, -0.2) is 9.78 Å². The molecule has 1 rings (SSSR count). The molecule has 0 fully saturated rings. The first-order chi connectivity index (χ1) is 4.63. The van der Waals surface area contributed by atoms with Crippen LogP contribution >= 0.6 is 31.9 Å². The van der Waals surface area contributed by atoms with Gasteiger partial charge in [0.15, 0.2) is 0 Å². The van der Waals surface area contributed by atoms with Gasteiger partial charge >= 0.3 is 0 Å². The second-order valence-electron chi connectivity index (χ2n) is 1.74. The van der Waals surface area contributed by atoms with Gasteiger partial charge in [-0.3, -0.25) is 4.79 Å². The molecule has 3 nitrogen and oxygen atoms in total. The second-order valence-corrected chi connectivity index (χ2v) is 3.38. The fourth-order valence-corrected chi connectivity index (χ4v) is 1.11. The highest BCUT2D eigenvalue weighted by molar-refractivity contribution is 9.13. The highest BCUT2D eigenvalue weighted by atomic mass is 79.9. The van der Waals surface area contributed by atoms with Gasteiger partial charge in [0.25, 0.3) is 5.56 Å². The number of nitrogens with zero attached hydrogens (tertiary/aromatic N) is 2. The van der Waals surface area contributed by atoms with Crippen LogP contribution in [0.5, 0.6) is 0 Å². The van der Waals surface area contributed by atoms with E-state index in [0.717, 1.165) is 0 Å². The number of halogens is 2. The molecule has 0 aromatic carbocycles. The van der Waals surface area contributed by atoms with Crippen LogP contribution in [-0.2, 0) is 7.05 Å². The van der Waals surface area contributed by atoms with Gasteiger partial charge in [-0.1, -0.05) is 0 Å². The number of aryl methyl sites for hydroxylation is 1. The summed E-state index contributed by atoms with van der Waals surface area (Å²) in [4.78, 5) is 11.0. The van der Waals surface area contributed by atoms with E-state index >= 15 is 0 Å². The zero-order valence-corrected chi connectivity index (χ0v) is 8.31. The minimum atomic E-state index is -0.144. The molecule has 0 N–H and O–H groups in total. The topological polar surface area (TPSA) is 34.9 Å². The van der Waals surface area contributed by atoms with Crippen molar-refractivity contribution in [3.63, 3.8) is 0 Å². The summed E-state index contributed by atoms with van der Waals surface area (Å²) >= 11 is 6.27. The lowest BCUT2D eigenvalue weighted by Gasteiger charge is -1.96. The third kappa shape index (κ3) is 1.29. The van der Waals surface area contributed by atoms with Crippen molar-refractivity contribution in [2.75, 3.05) is 0 Å². The molecule has 10 heavy (non-hydrogen) atoms. The minimum absolute atomic E-state index is 0.144. The van der Waals surface area contributed by atoms with E-state index in [1.165, 1.54) is 4.68 Å². The van der Waals surface area contributed by atoms with Crippen molar-refractivity contribution in [3.05, 3.63) is 25.5 Å². The maximum atomic E-state index is 11.0. The smallest absolute Gasteiger partial charge is 0.266 e. The molecule has 0 saturated heterocycles. The molecule has 5 heteroatoms. The first-order valence-electron chi connectivity index (χ1n) is 2.50. The van der Waals surface area contributed by atoms with E-state index < -0.39 is 0 Å². The molecule has 0 unspecified atom stereocenters. The Morgan fingerprint density at radius 2 is 2.20 bits per heavy atom. The third-order valence-corrected chi connectivity index (χ3v) is 2.94. The lowest BCUT2D eigenvalue weighted by Crippen LogP contribution is -2.19. The van der Waals surface area contributed by atoms with Crippen molar-refractivity contribution in [3.8, 4) is 0 Å². The van der Waals surface area contributed by atoms with Crippen LogP contribution in [0.4, 0.5) is 0 Å². The Bertz CT molecular complexity index is 307. The molecule has 0 radical (unpaired) electrons. The fraction of sp³-hybridized carbons (Fsp3) is 0.200. The molecule has 0 aliphatic heterocycles. The maximum Gasteiger partial charge on any atom is 0.281 e. The lowest BCUT2D eigenvalue weighted by molar-refractivity contribution is 0.699. The number of rotatable bonds is 0. The van der Waals surface area contributed by atoms with Crippen molar-refractivity contribution >= 4 is 31.9 Å². The zero-order valence-electron chi connectivity index (χ0n) is 5.14. The molecule has 0 amide bonds. The van der Waals surface area contributed by atoms with Gasteiger partial charge < -0.3 is 0 Å². The first-order valence-corrected chi connectivity index (χ1v) is 4.09. The summed E-state index contributed by atoms with van der Waals surface area (Å²) in [6.07, 6.45) is 1.56. The summed E-state index contributed by atoms with van der Waals surface area (Å²) in [6.45, 7) is 0. The summed E-state index contributed by atoms with van der Waals surface area (Å²) < 4.78 is 2.44. The van der Waals surface area contributed by atoms with Gasteiger partial charge in [-0.05, 0) is 31.9 Å². The van der Waals surface area contributed by atoms with Crippen molar-refractivity contribution < 1.29 is 0 Å². The highest BCUT2D eigenvalue weighted by Gasteiger charge is 2.01. The van der Waals surface area contributed by atoms with Gasteiger partial charge in [0, 0.05) is 7.05 Å².